The van der Waals surface area contributed by atoms with E-state index in [1.807, 2.05) is 22.4 Å². The van der Waals surface area contributed by atoms with E-state index in [2.05, 4.69) is 25.3 Å². The zero-order chi connectivity index (χ0) is 22.0. The molecular formula is C21H32N8O2. The first-order valence-electron chi connectivity index (χ1n) is 11.0. The molecule has 0 saturated carbocycles. The van der Waals surface area contributed by atoms with Gasteiger partial charge in [0.05, 0.1) is 11.6 Å². The van der Waals surface area contributed by atoms with E-state index in [-0.39, 0.29) is 18.0 Å². The van der Waals surface area contributed by atoms with Gasteiger partial charge < -0.3 is 20.0 Å². The maximum Gasteiger partial charge on any atom is 0.319 e. The van der Waals surface area contributed by atoms with Crippen LogP contribution in [0.1, 0.15) is 35.1 Å². The van der Waals surface area contributed by atoms with Crippen LogP contribution < -0.4 is 5.32 Å². The van der Waals surface area contributed by atoms with Crippen molar-refractivity contribution in [2.75, 3.05) is 67.0 Å². The molecule has 0 radical (unpaired) electrons. The van der Waals surface area contributed by atoms with Gasteiger partial charge in [-0.2, -0.15) is 0 Å². The van der Waals surface area contributed by atoms with E-state index in [1.54, 1.807) is 31.3 Å². The molecule has 3 amide bonds. The number of nitrogens with one attached hydrogen (secondary N) is 1. The summed E-state index contributed by atoms with van der Waals surface area (Å²) in [6, 6.07) is 3.49. The Morgan fingerprint density at radius 3 is 2.65 bits per heavy atom. The van der Waals surface area contributed by atoms with Gasteiger partial charge in [-0.25, -0.2) is 4.79 Å². The Hall–Kier alpha value is -2.72. The van der Waals surface area contributed by atoms with E-state index in [9.17, 15) is 9.59 Å². The number of hydrogen-bond donors (Lipinski definition) is 1. The van der Waals surface area contributed by atoms with Gasteiger partial charge in [-0.3, -0.25) is 14.1 Å². The summed E-state index contributed by atoms with van der Waals surface area (Å²) in [4.78, 5) is 33.1. The van der Waals surface area contributed by atoms with Crippen LogP contribution in [0.5, 0.6) is 0 Å². The molecule has 168 valence electrons. The fourth-order valence-electron chi connectivity index (χ4n) is 4.31. The fourth-order valence-corrected chi connectivity index (χ4v) is 4.31. The first-order chi connectivity index (χ1) is 14.9. The molecule has 1 N–H and O–H groups in total. The molecule has 10 heteroatoms. The lowest BCUT2D eigenvalue weighted by Crippen LogP contribution is -2.52. The number of likely N-dealkylation sites (N-methyl/N-ethyl adjacent to an activating group) is 1. The second kappa shape index (κ2) is 9.19. The lowest BCUT2D eigenvalue weighted by molar-refractivity contribution is 0.0932. The molecule has 2 fully saturated rings. The summed E-state index contributed by atoms with van der Waals surface area (Å²) in [5, 5.41) is 11.7. The maximum absolute atomic E-state index is 12.7. The Labute approximate surface area is 182 Å². The van der Waals surface area contributed by atoms with E-state index >= 15 is 0 Å². The average Bonchev–Trinajstić information content (AvgIpc) is 3.43. The number of hydrogen-bond acceptors (Lipinski definition) is 6. The summed E-state index contributed by atoms with van der Waals surface area (Å²) in [5.41, 5.74) is 1.27. The summed E-state index contributed by atoms with van der Waals surface area (Å²) in [7, 11) is 5.55. The van der Waals surface area contributed by atoms with Gasteiger partial charge in [0.15, 0.2) is 11.5 Å². The number of amides is 3. The molecule has 2 aliphatic rings. The number of piperazine rings is 1. The number of fused-ring (bicyclic) bond motifs is 1. The second-order valence-electron chi connectivity index (χ2n) is 8.63. The minimum Gasteiger partial charge on any atom is -0.351 e. The highest BCUT2D eigenvalue weighted by Crippen LogP contribution is 2.24. The van der Waals surface area contributed by atoms with Gasteiger partial charge >= 0.3 is 6.03 Å². The molecule has 0 unspecified atom stereocenters. The number of nitrogens with zero attached hydrogens (tertiary/aromatic N) is 7. The second-order valence-corrected chi connectivity index (χ2v) is 8.63. The van der Waals surface area contributed by atoms with Crippen molar-refractivity contribution >= 4 is 17.6 Å². The summed E-state index contributed by atoms with van der Waals surface area (Å²) in [6.07, 6.45) is 4.29. The fraction of sp³-hybridized carbons (Fsp3) is 0.619. The van der Waals surface area contributed by atoms with Crippen molar-refractivity contribution < 1.29 is 9.59 Å². The van der Waals surface area contributed by atoms with Crippen LogP contribution >= 0.6 is 0 Å². The Bertz CT molecular complexity index is 937. The van der Waals surface area contributed by atoms with Crippen LogP contribution in [0.2, 0.25) is 0 Å². The molecule has 0 aliphatic carbocycles. The molecule has 0 bridgehead atoms. The van der Waals surface area contributed by atoms with Crippen molar-refractivity contribution in [1.29, 1.82) is 0 Å². The maximum atomic E-state index is 12.7. The van der Waals surface area contributed by atoms with Crippen LogP contribution in [0.3, 0.4) is 0 Å². The smallest absolute Gasteiger partial charge is 0.319 e. The van der Waals surface area contributed by atoms with Gasteiger partial charge in [0, 0.05) is 53.0 Å². The molecule has 4 rings (SSSR count). The minimum absolute atomic E-state index is 0.00927. The number of rotatable bonds is 5. The third kappa shape index (κ3) is 4.64. The first kappa shape index (κ1) is 21.5. The van der Waals surface area contributed by atoms with Crippen molar-refractivity contribution in [3.05, 3.63) is 29.7 Å². The zero-order valence-corrected chi connectivity index (χ0v) is 18.6. The minimum atomic E-state index is -0.0962. The van der Waals surface area contributed by atoms with Gasteiger partial charge in [-0.05, 0) is 45.1 Å². The Kier molecular flexibility index (Phi) is 6.38. The normalized spacial score (nSPS) is 20.4. The van der Waals surface area contributed by atoms with Crippen LogP contribution in [0.4, 0.5) is 4.79 Å². The third-order valence-electron chi connectivity index (χ3n) is 6.20. The molecule has 2 saturated heterocycles. The number of likely N-dealkylation sites (tertiary alicyclic amines) is 1. The molecule has 2 aromatic rings. The summed E-state index contributed by atoms with van der Waals surface area (Å²) >= 11 is 0. The molecule has 10 nitrogen and oxygen atoms in total. The van der Waals surface area contributed by atoms with Gasteiger partial charge in [0.1, 0.15) is 0 Å². The average molecular weight is 429 g/mol. The van der Waals surface area contributed by atoms with Crippen LogP contribution in [-0.4, -0.2) is 113 Å². The number of urea groups is 1. The number of carbonyl (C=O) groups is 2. The lowest BCUT2D eigenvalue weighted by Gasteiger charge is -2.39. The van der Waals surface area contributed by atoms with Crippen molar-refractivity contribution in [3.8, 4) is 0 Å². The van der Waals surface area contributed by atoms with E-state index in [1.165, 1.54) is 12.8 Å². The largest absolute Gasteiger partial charge is 0.351 e. The van der Waals surface area contributed by atoms with Crippen LogP contribution in [0, 0.1) is 0 Å². The van der Waals surface area contributed by atoms with Crippen LogP contribution in [0.15, 0.2) is 18.3 Å². The predicted octanol–water partition coefficient (Wildman–Crippen LogP) is 0.525. The summed E-state index contributed by atoms with van der Waals surface area (Å²) in [6.45, 7) is 5.71. The zero-order valence-electron chi connectivity index (χ0n) is 18.6. The molecule has 31 heavy (non-hydrogen) atoms. The van der Waals surface area contributed by atoms with Crippen molar-refractivity contribution in [2.45, 2.75) is 18.9 Å². The summed E-state index contributed by atoms with van der Waals surface area (Å²) in [5.74, 6) is 0.641. The predicted molar refractivity (Wildman–Crippen MR) is 117 cm³/mol. The molecule has 2 aliphatic heterocycles. The monoisotopic (exact) mass is 428 g/mol. The van der Waals surface area contributed by atoms with E-state index in [0.717, 1.165) is 32.0 Å². The Morgan fingerprint density at radius 1 is 1.13 bits per heavy atom. The van der Waals surface area contributed by atoms with Crippen LogP contribution in [0.25, 0.3) is 5.65 Å². The van der Waals surface area contributed by atoms with Crippen LogP contribution in [-0.2, 0) is 0 Å². The molecule has 0 spiro atoms. The van der Waals surface area contributed by atoms with Crippen molar-refractivity contribution in [2.24, 2.45) is 0 Å². The van der Waals surface area contributed by atoms with Crippen molar-refractivity contribution in [3.63, 3.8) is 0 Å². The van der Waals surface area contributed by atoms with Crippen molar-refractivity contribution in [1.82, 2.24) is 39.5 Å². The standard InChI is InChI=1S/C21H32N8O2/c1-25(2)21(31)28-13-12-26(3)17(15-28)19-24-23-18-7-6-16(14-29(18)19)20(30)22-8-11-27-9-4-5-10-27/h6-7,14,17H,4-5,8-13,15H2,1-3H3,(H,22,30)/t17-/m1/s1. The SMILES string of the molecule is CN(C)C(=O)N1CCN(C)[C@@H](c2nnc3ccc(C(=O)NCCN4CCCC4)cn23)C1. The van der Waals surface area contributed by atoms with E-state index in [0.29, 0.717) is 30.8 Å². The molecule has 0 aromatic carbocycles. The van der Waals surface area contributed by atoms with Gasteiger partial charge in [0.25, 0.3) is 5.91 Å². The van der Waals surface area contributed by atoms with E-state index < -0.39 is 0 Å². The molecule has 2 aromatic heterocycles. The van der Waals surface area contributed by atoms with Gasteiger partial charge in [-0.1, -0.05) is 0 Å². The highest BCUT2D eigenvalue weighted by Gasteiger charge is 2.32. The molecule has 1 atom stereocenters. The third-order valence-corrected chi connectivity index (χ3v) is 6.20. The lowest BCUT2D eigenvalue weighted by atomic mass is 10.1. The van der Waals surface area contributed by atoms with Gasteiger partial charge in [-0.15, -0.1) is 10.2 Å². The number of aromatic nitrogens is 3. The highest BCUT2D eigenvalue weighted by molar-refractivity contribution is 5.94. The molecule has 4 heterocycles. The van der Waals surface area contributed by atoms with E-state index in [4.69, 9.17) is 0 Å². The first-order valence-corrected chi connectivity index (χ1v) is 11.0. The van der Waals surface area contributed by atoms with Gasteiger partial charge in [0.2, 0.25) is 0 Å². The Balaban J connectivity index is 1.49. The summed E-state index contributed by atoms with van der Waals surface area (Å²) < 4.78 is 1.88. The number of carbonyl (C=O) groups excluding carboxylic acids is 2. The Morgan fingerprint density at radius 2 is 1.90 bits per heavy atom. The number of pyridine rings is 1. The molecular weight excluding hydrogens is 396 g/mol. The topological polar surface area (TPSA) is 89.3 Å². The highest BCUT2D eigenvalue weighted by atomic mass is 16.2. The quantitative estimate of drug-likeness (QED) is 0.747.